The zero-order chi connectivity index (χ0) is 21.7. The molecule has 0 aliphatic carbocycles. The van der Waals surface area contributed by atoms with Gasteiger partial charge in [-0.05, 0) is 54.3 Å². The molecule has 1 N–H and O–H groups in total. The van der Waals surface area contributed by atoms with Gasteiger partial charge in [-0.25, -0.2) is 0 Å². The molecule has 0 saturated carbocycles. The van der Waals surface area contributed by atoms with Crippen LogP contribution in [0.1, 0.15) is 29.5 Å². The number of benzene rings is 2. The van der Waals surface area contributed by atoms with Crippen LogP contribution in [0.2, 0.25) is 0 Å². The van der Waals surface area contributed by atoms with Gasteiger partial charge in [-0.1, -0.05) is 36.4 Å². The molecule has 1 aromatic heterocycles. The predicted octanol–water partition coefficient (Wildman–Crippen LogP) is 3.72. The Labute approximate surface area is 178 Å². The number of halogens is 3. The summed E-state index contributed by atoms with van der Waals surface area (Å²) < 4.78 is 44.2. The maximum absolute atomic E-state index is 12.8. The van der Waals surface area contributed by atoms with Crippen molar-refractivity contribution in [1.82, 2.24) is 25.5 Å². The van der Waals surface area contributed by atoms with Crippen molar-refractivity contribution in [2.24, 2.45) is 0 Å². The molecule has 0 radical (unpaired) electrons. The molecule has 0 bridgehead atoms. The molecule has 1 saturated heterocycles. The molecule has 4 rings (SSSR count). The predicted molar refractivity (Wildman–Crippen MR) is 109 cm³/mol. The molecule has 1 aliphatic heterocycles. The third-order valence-corrected chi connectivity index (χ3v) is 5.28. The second-order valence-electron chi connectivity index (χ2n) is 7.58. The summed E-state index contributed by atoms with van der Waals surface area (Å²) in [6.07, 6.45) is -1.47. The highest BCUT2D eigenvalue weighted by Gasteiger charge is 2.29. The van der Waals surface area contributed by atoms with Crippen LogP contribution in [0.25, 0.3) is 11.4 Å². The molecular weight excluding hydrogens is 407 g/mol. The fourth-order valence-corrected chi connectivity index (χ4v) is 3.63. The van der Waals surface area contributed by atoms with E-state index in [4.69, 9.17) is 4.74 Å². The Balaban J connectivity index is 1.41. The van der Waals surface area contributed by atoms with Gasteiger partial charge in [-0.15, -0.1) is 10.2 Å². The summed E-state index contributed by atoms with van der Waals surface area (Å²) in [7, 11) is 0. The molecular formula is C22H24F3N5O. The van der Waals surface area contributed by atoms with Crippen LogP contribution in [-0.4, -0.2) is 46.0 Å². The van der Waals surface area contributed by atoms with E-state index in [0.29, 0.717) is 25.4 Å². The highest BCUT2D eigenvalue weighted by atomic mass is 19.4. The molecule has 0 spiro atoms. The molecule has 2 aromatic carbocycles. The Bertz CT molecular complexity index is 981. The summed E-state index contributed by atoms with van der Waals surface area (Å²) in [5.41, 5.74) is 1.86. The maximum Gasteiger partial charge on any atom is 0.416 e. The highest BCUT2D eigenvalue weighted by Crippen LogP contribution is 2.30. The van der Waals surface area contributed by atoms with Crippen molar-refractivity contribution < 1.29 is 17.9 Å². The molecule has 6 nitrogen and oxygen atoms in total. The number of ether oxygens (including phenoxy) is 1. The number of piperidine rings is 1. The number of rotatable bonds is 7. The van der Waals surface area contributed by atoms with E-state index in [1.54, 1.807) is 0 Å². The number of aromatic nitrogens is 4. The van der Waals surface area contributed by atoms with Gasteiger partial charge in [0, 0.05) is 12.1 Å². The summed E-state index contributed by atoms with van der Waals surface area (Å²) in [5.74, 6) is 0.488. The fraction of sp³-hybridized carbons (Fsp3) is 0.409. The molecule has 1 fully saturated rings. The number of hydrogen-bond donors (Lipinski definition) is 1. The standard InChI is InChI=1S/C22H24F3N5O/c23-22(24,25)18-9-7-16(8-10-18)14-17-4-1-2-6-20(17)21-27-29-30(28-21)12-13-31-19-5-3-11-26-15-19/h1-2,4,6-10,19,26H,3,5,11-15H2. The van der Waals surface area contributed by atoms with Crippen LogP contribution in [-0.2, 0) is 23.9 Å². The number of tetrazole rings is 1. The topological polar surface area (TPSA) is 64.9 Å². The average Bonchev–Trinajstić information content (AvgIpc) is 3.23. The smallest absolute Gasteiger partial charge is 0.375 e. The lowest BCUT2D eigenvalue weighted by atomic mass is 9.98. The highest BCUT2D eigenvalue weighted by molar-refractivity contribution is 5.60. The Morgan fingerprint density at radius 3 is 2.65 bits per heavy atom. The van der Waals surface area contributed by atoms with Crippen LogP contribution in [0.4, 0.5) is 13.2 Å². The molecule has 9 heteroatoms. The minimum absolute atomic E-state index is 0.223. The van der Waals surface area contributed by atoms with Crippen LogP contribution < -0.4 is 5.32 Å². The van der Waals surface area contributed by atoms with Gasteiger partial charge in [-0.3, -0.25) is 0 Å². The minimum Gasteiger partial charge on any atom is -0.375 e. The first kappa shape index (κ1) is 21.5. The quantitative estimate of drug-likeness (QED) is 0.618. The van der Waals surface area contributed by atoms with Gasteiger partial charge < -0.3 is 10.1 Å². The molecule has 1 unspecified atom stereocenters. The Hall–Kier alpha value is -2.78. The average molecular weight is 431 g/mol. The fourth-order valence-electron chi connectivity index (χ4n) is 3.63. The summed E-state index contributed by atoms with van der Waals surface area (Å²) in [6.45, 7) is 2.92. The van der Waals surface area contributed by atoms with Crippen molar-refractivity contribution in [2.75, 3.05) is 19.7 Å². The summed E-state index contributed by atoms with van der Waals surface area (Å²) in [6, 6.07) is 12.8. The second-order valence-corrected chi connectivity index (χ2v) is 7.58. The van der Waals surface area contributed by atoms with E-state index in [2.05, 4.69) is 20.7 Å². The number of nitrogens with one attached hydrogen (secondary N) is 1. The molecule has 164 valence electrons. The lowest BCUT2D eigenvalue weighted by Gasteiger charge is -2.22. The van der Waals surface area contributed by atoms with Gasteiger partial charge in [0.05, 0.1) is 24.8 Å². The van der Waals surface area contributed by atoms with Crippen LogP contribution in [0.5, 0.6) is 0 Å². The molecule has 0 amide bonds. The number of alkyl halides is 3. The molecule has 2 heterocycles. The van der Waals surface area contributed by atoms with E-state index in [-0.39, 0.29) is 6.10 Å². The lowest BCUT2D eigenvalue weighted by Crippen LogP contribution is -2.35. The van der Waals surface area contributed by atoms with E-state index >= 15 is 0 Å². The van der Waals surface area contributed by atoms with Crippen LogP contribution in [0, 0.1) is 0 Å². The molecule has 31 heavy (non-hydrogen) atoms. The zero-order valence-electron chi connectivity index (χ0n) is 17.0. The third kappa shape index (κ3) is 5.68. The van der Waals surface area contributed by atoms with E-state index in [9.17, 15) is 13.2 Å². The second kappa shape index (κ2) is 9.57. The van der Waals surface area contributed by atoms with Gasteiger partial charge in [0.2, 0.25) is 5.82 Å². The first-order valence-corrected chi connectivity index (χ1v) is 10.3. The third-order valence-electron chi connectivity index (χ3n) is 5.28. The van der Waals surface area contributed by atoms with E-state index in [0.717, 1.165) is 54.8 Å². The summed E-state index contributed by atoms with van der Waals surface area (Å²) in [4.78, 5) is 1.51. The van der Waals surface area contributed by atoms with Crippen molar-refractivity contribution in [3.05, 3.63) is 65.2 Å². The lowest BCUT2D eigenvalue weighted by molar-refractivity contribution is -0.137. The first-order valence-electron chi connectivity index (χ1n) is 10.3. The van der Waals surface area contributed by atoms with E-state index in [1.807, 2.05) is 24.3 Å². The first-order chi connectivity index (χ1) is 15.0. The van der Waals surface area contributed by atoms with Gasteiger partial charge in [-0.2, -0.15) is 18.0 Å². The van der Waals surface area contributed by atoms with E-state index < -0.39 is 11.7 Å². The number of hydrogen-bond acceptors (Lipinski definition) is 5. The Morgan fingerprint density at radius 2 is 1.90 bits per heavy atom. The normalized spacial score (nSPS) is 17.1. The largest absolute Gasteiger partial charge is 0.416 e. The van der Waals surface area contributed by atoms with E-state index in [1.165, 1.54) is 16.9 Å². The zero-order valence-corrected chi connectivity index (χ0v) is 17.0. The SMILES string of the molecule is FC(F)(F)c1ccc(Cc2ccccc2-c2nnn(CCOC3CCCNC3)n2)cc1. The van der Waals surface area contributed by atoms with Gasteiger partial charge in [0.15, 0.2) is 0 Å². The van der Waals surface area contributed by atoms with Crippen molar-refractivity contribution >= 4 is 0 Å². The Morgan fingerprint density at radius 1 is 1.10 bits per heavy atom. The molecule has 1 aliphatic rings. The van der Waals surface area contributed by atoms with Crippen LogP contribution in [0.3, 0.4) is 0 Å². The van der Waals surface area contributed by atoms with Gasteiger partial charge in [0.25, 0.3) is 0 Å². The monoisotopic (exact) mass is 431 g/mol. The van der Waals surface area contributed by atoms with Crippen molar-refractivity contribution in [3.63, 3.8) is 0 Å². The maximum atomic E-state index is 12.8. The van der Waals surface area contributed by atoms with Gasteiger partial charge in [0.1, 0.15) is 0 Å². The Kier molecular flexibility index (Phi) is 6.62. The number of nitrogens with zero attached hydrogens (tertiary/aromatic N) is 4. The van der Waals surface area contributed by atoms with Crippen LogP contribution >= 0.6 is 0 Å². The van der Waals surface area contributed by atoms with Crippen molar-refractivity contribution in [2.45, 2.75) is 38.1 Å². The summed E-state index contributed by atoms with van der Waals surface area (Å²) >= 11 is 0. The minimum atomic E-state index is -4.34. The van der Waals surface area contributed by atoms with Crippen LogP contribution in [0.15, 0.2) is 48.5 Å². The summed E-state index contributed by atoms with van der Waals surface area (Å²) in [5, 5.41) is 16.1. The van der Waals surface area contributed by atoms with Crippen molar-refractivity contribution in [3.8, 4) is 11.4 Å². The van der Waals surface area contributed by atoms with Crippen molar-refractivity contribution in [1.29, 1.82) is 0 Å². The molecule has 3 aromatic rings. The molecule has 1 atom stereocenters. The van der Waals surface area contributed by atoms with Gasteiger partial charge >= 0.3 is 6.18 Å².